The minimum atomic E-state index is -3.78. The maximum atomic E-state index is 13.0. The van der Waals surface area contributed by atoms with Crippen LogP contribution in [0.1, 0.15) is 16.1 Å². The van der Waals surface area contributed by atoms with Gasteiger partial charge in [0.2, 0.25) is 10.0 Å². The van der Waals surface area contributed by atoms with Gasteiger partial charge in [0.25, 0.3) is 5.91 Å². The molecule has 4 rings (SSSR count). The first-order valence-corrected chi connectivity index (χ1v) is 11.8. The molecular weight excluding hydrogens is 456 g/mol. The summed E-state index contributed by atoms with van der Waals surface area (Å²) in [4.78, 5) is 17.5. The van der Waals surface area contributed by atoms with Crippen LogP contribution in [0.2, 0.25) is 0 Å². The highest BCUT2D eigenvalue weighted by Gasteiger charge is 2.23. The minimum Gasteiger partial charge on any atom is -0.495 e. The second-order valence-corrected chi connectivity index (χ2v) is 9.71. The van der Waals surface area contributed by atoms with Crippen molar-refractivity contribution in [2.45, 2.75) is 11.5 Å². The van der Waals surface area contributed by atoms with Gasteiger partial charge in [-0.25, -0.2) is 17.7 Å². The first-order valence-electron chi connectivity index (χ1n) is 10.4. The van der Waals surface area contributed by atoms with Gasteiger partial charge < -0.3 is 19.2 Å². The van der Waals surface area contributed by atoms with Crippen molar-refractivity contribution >= 4 is 27.3 Å². The Bertz CT molecular complexity index is 1410. The van der Waals surface area contributed by atoms with Crippen molar-refractivity contribution in [3.05, 3.63) is 84.3 Å². The SMILES string of the molecule is COc1ccc(NC(=O)c2ccccc2OCc2cn3ccccc3n2)cc1S(=O)(=O)N(C)C. The molecule has 0 aliphatic heterocycles. The van der Waals surface area contributed by atoms with Crippen LogP contribution in [-0.2, 0) is 16.6 Å². The molecule has 4 aromatic rings. The fourth-order valence-corrected chi connectivity index (χ4v) is 4.41. The van der Waals surface area contributed by atoms with Gasteiger partial charge in [-0.3, -0.25) is 4.79 Å². The summed E-state index contributed by atoms with van der Waals surface area (Å²) in [7, 11) is 0.465. The standard InChI is InChI=1S/C24H24N4O5S/c1-27(2)34(30,31)22-14-17(11-12-21(22)32-3)26-24(29)19-8-4-5-9-20(19)33-16-18-15-28-13-7-6-10-23(28)25-18/h4-15H,16H2,1-3H3,(H,26,29). The molecule has 0 atom stereocenters. The van der Waals surface area contributed by atoms with Crippen LogP contribution >= 0.6 is 0 Å². The van der Waals surface area contributed by atoms with Crippen LogP contribution in [0.5, 0.6) is 11.5 Å². The number of nitrogens with zero attached hydrogens (tertiary/aromatic N) is 3. The van der Waals surface area contributed by atoms with Crippen LogP contribution in [0.4, 0.5) is 5.69 Å². The summed E-state index contributed by atoms with van der Waals surface area (Å²) in [6.45, 7) is 0.180. The van der Waals surface area contributed by atoms with Gasteiger partial charge in [0.1, 0.15) is 28.6 Å². The predicted molar refractivity (Wildman–Crippen MR) is 128 cm³/mol. The van der Waals surface area contributed by atoms with Crippen molar-refractivity contribution in [2.24, 2.45) is 0 Å². The molecule has 34 heavy (non-hydrogen) atoms. The Balaban J connectivity index is 1.55. The highest BCUT2D eigenvalue weighted by molar-refractivity contribution is 7.89. The zero-order valence-corrected chi connectivity index (χ0v) is 19.7. The number of carbonyl (C=O) groups is 1. The third-order valence-electron chi connectivity index (χ3n) is 5.10. The number of hydrogen-bond acceptors (Lipinski definition) is 6. The number of anilines is 1. The Labute approximate surface area is 197 Å². The normalized spacial score (nSPS) is 11.5. The largest absolute Gasteiger partial charge is 0.495 e. The Kier molecular flexibility index (Phi) is 6.53. The van der Waals surface area contributed by atoms with Gasteiger partial charge in [-0.15, -0.1) is 0 Å². The van der Waals surface area contributed by atoms with E-state index in [-0.39, 0.29) is 17.3 Å². The van der Waals surface area contributed by atoms with Crippen molar-refractivity contribution < 1.29 is 22.7 Å². The van der Waals surface area contributed by atoms with Crippen molar-refractivity contribution in [1.82, 2.24) is 13.7 Å². The van der Waals surface area contributed by atoms with Crippen LogP contribution in [0.15, 0.2) is 78.0 Å². The van der Waals surface area contributed by atoms with E-state index >= 15 is 0 Å². The van der Waals surface area contributed by atoms with Crippen molar-refractivity contribution in [2.75, 3.05) is 26.5 Å². The zero-order valence-electron chi connectivity index (χ0n) is 18.9. The molecule has 2 aromatic heterocycles. The minimum absolute atomic E-state index is 0.0471. The first kappa shape index (κ1) is 23.3. The van der Waals surface area contributed by atoms with Crippen LogP contribution < -0.4 is 14.8 Å². The molecule has 0 spiro atoms. The second kappa shape index (κ2) is 9.54. The summed E-state index contributed by atoms with van der Waals surface area (Å²) in [6, 6.07) is 17.0. The van der Waals surface area contributed by atoms with Gasteiger partial charge in [0.05, 0.1) is 18.4 Å². The molecule has 0 aliphatic carbocycles. The lowest BCUT2D eigenvalue weighted by Crippen LogP contribution is -2.23. The zero-order chi connectivity index (χ0) is 24.3. The third kappa shape index (κ3) is 4.73. The van der Waals surface area contributed by atoms with Crippen LogP contribution in [0.25, 0.3) is 5.65 Å². The van der Waals surface area contributed by atoms with Gasteiger partial charge >= 0.3 is 0 Å². The maximum absolute atomic E-state index is 13.0. The lowest BCUT2D eigenvalue weighted by molar-refractivity contribution is 0.102. The number of pyridine rings is 1. The topological polar surface area (TPSA) is 102 Å². The summed E-state index contributed by atoms with van der Waals surface area (Å²) in [6.07, 6.45) is 3.76. The number of benzene rings is 2. The van der Waals surface area contributed by atoms with E-state index in [2.05, 4.69) is 10.3 Å². The van der Waals surface area contributed by atoms with Crippen molar-refractivity contribution in [3.8, 4) is 11.5 Å². The van der Waals surface area contributed by atoms with Crippen LogP contribution in [-0.4, -0.2) is 49.2 Å². The lowest BCUT2D eigenvalue weighted by atomic mass is 10.2. The average Bonchev–Trinajstić information content (AvgIpc) is 3.26. The maximum Gasteiger partial charge on any atom is 0.259 e. The number of methoxy groups -OCH3 is 1. The summed E-state index contributed by atoms with van der Waals surface area (Å²) in [5.41, 5.74) is 2.13. The van der Waals surface area contributed by atoms with Gasteiger partial charge in [-0.05, 0) is 42.5 Å². The average molecular weight is 481 g/mol. The molecule has 0 aliphatic rings. The van der Waals surface area contributed by atoms with E-state index in [0.29, 0.717) is 17.0 Å². The molecule has 0 unspecified atom stereocenters. The summed E-state index contributed by atoms with van der Waals surface area (Å²) >= 11 is 0. The molecule has 2 aromatic carbocycles. The highest BCUT2D eigenvalue weighted by atomic mass is 32.2. The predicted octanol–water partition coefficient (Wildman–Crippen LogP) is 3.42. The molecule has 1 N–H and O–H groups in total. The number of para-hydroxylation sites is 1. The van der Waals surface area contributed by atoms with E-state index in [9.17, 15) is 13.2 Å². The van der Waals surface area contributed by atoms with Crippen molar-refractivity contribution in [3.63, 3.8) is 0 Å². The summed E-state index contributed by atoms with van der Waals surface area (Å²) in [5, 5.41) is 2.74. The molecule has 176 valence electrons. The van der Waals surface area contributed by atoms with Gasteiger partial charge in [0, 0.05) is 32.2 Å². The van der Waals surface area contributed by atoms with Gasteiger partial charge in [-0.1, -0.05) is 18.2 Å². The number of ether oxygens (including phenoxy) is 2. The molecule has 10 heteroatoms. The quantitative estimate of drug-likeness (QED) is 0.415. The van der Waals surface area contributed by atoms with E-state index in [1.54, 1.807) is 30.3 Å². The third-order valence-corrected chi connectivity index (χ3v) is 6.94. The Morgan fingerprint density at radius 1 is 1.06 bits per heavy atom. The number of rotatable bonds is 8. The first-order chi connectivity index (χ1) is 16.3. The lowest BCUT2D eigenvalue weighted by Gasteiger charge is -2.16. The fraction of sp³-hybridized carbons (Fsp3) is 0.167. The molecule has 0 saturated carbocycles. The number of imidazole rings is 1. The van der Waals surface area contributed by atoms with Crippen LogP contribution in [0, 0.1) is 0 Å². The van der Waals surface area contributed by atoms with Crippen LogP contribution in [0.3, 0.4) is 0 Å². The fourth-order valence-electron chi connectivity index (χ4n) is 3.34. The Morgan fingerprint density at radius 3 is 2.56 bits per heavy atom. The number of nitrogens with one attached hydrogen (secondary N) is 1. The van der Waals surface area contributed by atoms with Gasteiger partial charge in [-0.2, -0.15) is 0 Å². The number of aromatic nitrogens is 2. The molecule has 0 saturated heterocycles. The van der Waals surface area contributed by atoms with E-state index < -0.39 is 15.9 Å². The molecular formula is C24H24N4O5S. The van der Waals surface area contributed by atoms with Gasteiger partial charge in [0.15, 0.2) is 0 Å². The van der Waals surface area contributed by atoms with E-state index in [1.807, 2.05) is 35.0 Å². The second-order valence-electron chi connectivity index (χ2n) is 7.59. The Hall–Kier alpha value is -3.89. The van der Waals surface area contributed by atoms with E-state index in [0.717, 1.165) is 15.6 Å². The number of carbonyl (C=O) groups excluding carboxylic acids is 1. The molecule has 0 radical (unpaired) electrons. The molecule has 9 nitrogen and oxygen atoms in total. The van der Waals surface area contributed by atoms with E-state index in [1.165, 1.54) is 33.3 Å². The highest BCUT2D eigenvalue weighted by Crippen LogP contribution is 2.29. The van der Waals surface area contributed by atoms with Crippen molar-refractivity contribution in [1.29, 1.82) is 0 Å². The molecule has 0 bridgehead atoms. The number of hydrogen-bond donors (Lipinski definition) is 1. The summed E-state index contributed by atoms with van der Waals surface area (Å²) < 4.78 is 39.4. The number of sulfonamides is 1. The number of fused-ring (bicyclic) bond motifs is 1. The molecule has 2 heterocycles. The monoisotopic (exact) mass is 480 g/mol. The van der Waals surface area contributed by atoms with E-state index in [4.69, 9.17) is 9.47 Å². The smallest absolute Gasteiger partial charge is 0.259 e. The molecule has 0 fully saturated rings. The number of amides is 1. The molecule has 1 amide bonds. The Morgan fingerprint density at radius 2 is 1.82 bits per heavy atom. The summed E-state index contributed by atoms with van der Waals surface area (Å²) in [5.74, 6) is 0.124.